The Labute approximate surface area is 123 Å². The number of carboxylic acid groups (broad SMARTS) is 1. The lowest BCUT2D eigenvalue weighted by molar-refractivity contribution is -0.137. The maximum absolute atomic E-state index is 13.0. The van der Waals surface area contributed by atoms with Gasteiger partial charge < -0.3 is 10.0 Å². The first-order chi connectivity index (χ1) is 10.1. The SMILES string of the molecule is O=C(O)CCN(C(=O)c1ccc(F)cc1)C1CCCCC1. The van der Waals surface area contributed by atoms with Gasteiger partial charge >= 0.3 is 5.97 Å². The van der Waals surface area contributed by atoms with Crippen molar-refractivity contribution in [3.05, 3.63) is 35.6 Å². The van der Waals surface area contributed by atoms with Crippen LogP contribution in [0.15, 0.2) is 24.3 Å². The molecule has 0 atom stereocenters. The number of carbonyl (C=O) groups is 2. The summed E-state index contributed by atoms with van der Waals surface area (Å²) in [7, 11) is 0. The normalized spacial score (nSPS) is 15.7. The van der Waals surface area contributed by atoms with Gasteiger partial charge in [0.2, 0.25) is 0 Å². The third-order valence-electron chi connectivity index (χ3n) is 3.93. The Morgan fingerprint density at radius 3 is 2.33 bits per heavy atom. The second-order valence-corrected chi connectivity index (χ2v) is 5.44. The molecule has 0 heterocycles. The third kappa shape index (κ3) is 4.28. The van der Waals surface area contributed by atoms with Crippen LogP contribution in [0.1, 0.15) is 48.9 Å². The van der Waals surface area contributed by atoms with E-state index in [1.165, 1.54) is 24.3 Å². The highest BCUT2D eigenvalue weighted by molar-refractivity contribution is 5.94. The summed E-state index contributed by atoms with van der Waals surface area (Å²) in [6.45, 7) is 0.205. The van der Waals surface area contributed by atoms with Crippen molar-refractivity contribution in [3.8, 4) is 0 Å². The highest BCUT2D eigenvalue weighted by atomic mass is 19.1. The van der Waals surface area contributed by atoms with Crippen molar-refractivity contribution in [2.24, 2.45) is 0 Å². The number of benzene rings is 1. The Hall–Kier alpha value is -1.91. The smallest absolute Gasteiger partial charge is 0.305 e. The molecule has 4 nitrogen and oxygen atoms in total. The highest BCUT2D eigenvalue weighted by Crippen LogP contribution is 2.24. The van der Waals surface area contributed by atoms with E-state index < -0.39 is 5.97 Å². The predicted molar refractivity (Wildman–Crippen MR) is 76.6 cm³/mol. The fourth-order valence-corrected chi connectivity index (χ4v) is 2.82. The van der Waals surface area contributed by atoms with Crippen LogP contribution in [0.5, 0.6) is 0 Å². The van der Waals surface area contributed by atoms with Gasteiger partial charge in [-0.25, -0.2) is 4.39 Å². The molecular weight excluding hydrogens is 273 g/mol. The van der Waals surface area contributed by atoms with Crippen LogP contribution in [0.25, 0.3) is 0 Å². The van der Waals surface area contributed by atoms with Crippen molar-refractivity contribution in [1.82, 2.24) is 4.90 Å². The van der Waals surface area contributed by atoms with E-state index in [0.717, 1.165) is 32.1 Å². The molecule has 1 amide bonds. The summed E-state index contributed by atoms with van der Waals surface area (Å²) in [6, 6.07) is 5.51. The Bertz CT molecular complexity index is 495. The predicted octanol–water partition coefficient (Wildman–Crippen LogP) is 3.08. The highest BCUT2D eigenvalue weighted by Gasteiger charge is 2.26. The van der Waals surface area contributed by atoms with E-state index in [-0.39, 0.29) is 30.7 Å². The maximum atomic E-state index is 13.0. The molecular formula is C16H20FNO3. The Morgan fingerprint density at radius 1 is 1.14 bits per heavy atom. The monoisotopic (exact) mass is 293 g/mol. The van der Waals surface area contributed by atoms with Gasteiger partial charge in [0.05, 0.1) is 6.42 Å². The van der Waals surface area contributed by atoms with Gasteiger partial charge in [-0.3, -0.25) is 9.59 Å². The van der Waals surface area contributed by atoms with Crippen LogP contribution in [-0.2, 0) is 4.79 Å². The molecule has 1 aromatic rings. The van der Waals surface area contributed by atoms with Crippen molar-refractivity contribution in [3.63, 3.8) is 0 Å². The minimum Gasteiger partial charge on any atom is -0.481 e. The number of amides is 1. The third-order valence-corrected chi connectivity index (χ3v) is 3.93. The number of carbonyl (C=O) groups excluding carboxylic acids is 1. The van der Waals surface area contributed by atoms with Crippen molar-refractivity contribution < 1.29 is 19.1 Å². The zero-order chi connectivity index (χ0) is 15.2. The van der Waals surface area contributed by atoms with Crippen molar-refractivity contribution in [2.75, 3.05) is 6.54 Å². The van der Waals surface area contributed by atoms with E-state index in [4.69, 9.17) is 5.11 Å². The fourth-order valence-electron chi connectivity index (χ4n) is 2.82. The average Bonchev–Trinajstić information content (AvgIpc) is 2.49. The molecule has 0 bridgehead atoms. The molecule has 1 aliphatic carbocycles. The zero-order valence-electron chi connectivity index (χ0n) is 11.9. The Balaban J connectivity index is 2.14. The lowest BCUT2D eigenvalue weighted by Gasteiger charge is -2.34. The number of hydrogen-bond acceptors (Lipinski definition) is 2. The van der Waals surface area contributed by atoms with Crippen LogP contribution < -0.4 is 0 Å². The summed E-state index contributed by atoms with van der Waals surface area (Å²) in [6.07, 6.45) is 5.03. The van der Waals surface area contributed by atoms with Gasteiger partial charge in [0.15, 0.2) is 0 Å². The first kappa shape index (κ1) is 15.5. The molecule has 1 fully saturated rings. The van der Waals surface area contributed by atoms with Crippen molar-refractivity contribution >= 4 is 11.9 Å². The van der Waals surface area contributed by atoms with E-state index in [9.17, 15) is 14.0 Å². The minimum atomic E-state index is -0.914. The van der Waals surface area contributed by atoms with E-state index in [0.29, 0.717) is 5.56 Å². The van der Waals surface area contributed by atoms with Gasteiger partial charge in [0.1, 0.15) is 5.82 Å². The standard InChI is InChI=1S/C16H20FNO3/c17-13-8-6-12(7-9-13)16(21)18(11-10-15(19)20)14-4-2-1-3-5-14/h6-9,14H,1-5,10-11H2,(H,19,20). The molecule has 114 valence electrons. The summed E-state index contributed by atoms with van der Waals surface area (Å²) < 4.78 is 13.0. The van der Waals surface area contributed by atoms with Crippen LogP contribution in [0, 0.1) is 5.82 Å². The molecule has 1 N–H and O–H groups in total. The molecule has 1 aromatic carbocycles. The van der Waals surface area contributed by atoms with Crippen LogP contribution in [0.2, 0.25) is 0 Å². The zero-order valence-corrected chi connectivity index (χ0v) is 11.9. The molecule has 0 radical (unpaired) electrons. The molecule has 0 spiro atoms. The van der Waals surface area contributed by atoms with Gasteiger partial charge in [0, 0.05) is 18.2 Å². The minimum absolute atomic E-state index is 0.0660. The molecule has 0 aliphatic heterocycles. The maximum Gasteiger partial charge on any atom is 0.305 e. The molecule has 5 heteroatoms. The summed E-state index contributed by atoms with van der Waals surface area (Å²) in [5, 5.41) is 8.86. The number of rotatable bonds is 5. The number of halogens is 1. The number of hydrogen-bond donors (Lipinski definition) is 1. The molecule has 0 unspecified atom stereocenters. The van der Waals surface area contributed by atoms with Crippen LogP contribution in [0.4, 0.5) is 4.39 Å². The van der Waals surface area contributed by atoms with Crippen molar-refractivity contribution in [1.29, 1.82) is 0 Å². The van der Waals surface area contributed by atoms with Gasteiger partial charge in [-0.2, -0.15) is 0 Å². The van der Waals surface area contributed by atoms with E-state index >= 15 is 0 Å². The van der Waals surface area contributed by atoms with Crippen molar-refractivity contribution in [2.45, 2.75) is 44.6 Å². The Morgan fingerprint density at radius 2 is 1.76 bits per heavy atom. The first-order valence-corrected chi connectivity index (χ1v) is 7.36. The van der Waals surface area contributed by atoms with E-state index in [2.05, 4.69) is 0 Å². The molecule has 21 heavy (non-hydrogen) atoms. The second-order valence-electron chi connectivity index (χ2n) is 5.44. The first-order valence-electron chi connectivity index (χ1n) is 7.36. The molecule has 0 saturated heterocycles. The molecule has 1 aliphatic rings. The Kier molecular flexibility index (Phi) is 5.31. The number of nitrogens with zero attached hydrogens (tertiary/aromatic N) is 1. The fraction of sp³-hybridized carbons (Fsp3) is 0.500. The lowest BCUT2D eigenvalue weighted by atomic mass is 9.93. The van der Waals surface area contributed by atoms with Gasteiger partial charge in [-0.15, -0.1) is 0 Å². The van der Waals surface area contributed by atoms with Gasteiger partial charge in [-0.05, 0) is 37.1 Å². The summed E-state index contributed by atoms with van der Waals surface area (Å²) >= 11 is 0. The van der Waals surface area contributed by atoms with Crippen LogP contribution >= 0.6 is 0 Å². The van der Waals surface area contributed by atoms with Crippen LogP contribution in [0.3, 0.4) is 0 Å². The summed E-state index contributed by atoms with van der Waals surface area (Å²) in [4.78, 5) is 25.0. The molecule has 1 saturated carbocycles. The second kappa shape index (κ2) is 7.20. The van der Waals surface area contributed by atoms with E-state index in [1.54, 1.807) is 4.90 Å². The van der Waals surface area contributed by atoms with Gasteiger partial charge in [-0.1, -0.05) is 19.3 Å². The van der Waals surface area contributed by atoms with E-state index in [1.807, 2.05) is 0 Å². The quantitative estimate of drug-likeness (QED) is 0.907. The number of aliphatic carboxylic acids is 1. The lowest BCUT2D eigenvalue weighted by Crippen LogP contribution is -2.42. The average molecular weight is 293 g/mol. The van der Waals surface area contributed by atoms with Crippen LogP contribution in [-0.4, -0.2) is 34.5 Å². The van der Waals surface area contributed by atoms with Gasteiger partial charge in [0.25, 0.3) is 5.91 Å². The molecule has 2 rings (SSSR count). The molecule has 0 aromatic heterocycles. The summed E-state index contributed by atoms with van der Waals surface area (Å²) in [5.41, 5.74) is 0.410. The summed E-state index contributed by atoms with van der Waals surface area (Å²) in [5.74, 6) is -1.51. The largest absolute Gasteiger partial charge is 0.481 e. The topological polar surface area (TPSA) is 57.6 Å². The number of carboxylic acids is 1.